The Balaban J connectivity index is 0.000000451. The van der Waals surface area contributed by atoms with E-state index in [1.54, 1.807) is 19.0 Å². The molecular formula is C19H27F5N4O4. The van der Waals surface area contributed by atoms with E-state index < -0.39 is 23.5 Å². The first-order chi connectivity index (χ1) is 14.6. The summed E-state index contributed by atoms with van der Waals surface area (Å²) < 4.78 is 66.5. The van der Waals surface area contributed by atoms with Crippen LogP contribution in [0.15, 0.2) is 4.52 Å². The summed E-state index contributed by atoms with van der Waals surface area (Å²) >= 11 is 0. The zero-order chi connectivity index (χ0) is 24.5. The number of amides is 2. The van der Waals surface area contributed by atoms with Crippen LogP contribution in [0.4, 0.5) is 26.7 Å². The topological polar surface area (TPSA) is 90.1 Å². The number of carboxylic acids is 1. The third-order valence-electron chi connectivity index (χ3n) is 5.86. The maximum absolute atomic E-state index is 14.8. The van der Waals surface area contributed by atoms with Crippen LogP contribution in [0.25, 0.3) is 0 Å². The number of aromatic nitrogens is 1. The van der Waals surface area contributed by atoms with Crippen molar-refractivity contribution >= 4 is 12.0 Å². The molecule has 0 bridgehead atoms. The minimum absolute atomic E-state index is 0.106. The molecule has 0 radical (unpaired) electrons. The molecule has 1 spiro atoms. The fourth-order valence-corrected chi connectivity index (χ4v) is 4.02. The predicted octanol–water partition coefficient (Wildman–Crippen LogP) is 3.14. The SMILES string of the molecule is Cc1noc(C)c1CN1CCC2(C1)CN(C(=O)N(C)C)CCC2(F)F.O=C(O)C(F)(F)F. The number of urea groups is 1. The molecule has 182 valence electrons. The molecule has 0 aliphatic carbocycles. The Hall–Kier alpha value is -2.44. The molecule has 1 unspecified atom stereocenters. The van der Waals surface area contributed by atoms with E-state index in [9.17, 15) is 26.7 Å². The molecule has 2 aliphatic rings. The van der Waals surface area contributed by atoms with Crippen molar-refractivity contribution in [1.29, 1.82) is 0 Å². The van der Waals surface area contributed by atoms with Crippen LogP contribution in [-0.4, -0.2) is 89.3 Å². The number of halogens is 5. The van der Waals surface area contributed by atoms with Crippen LogP contribution in [0.3, 0.4) is 0 Å². The number of nitrogens with zero attached hydrogens (tertiary/aromatic N) is 4. The normalized spacial score (nSPS) is 23.1. The summed E-state index contributed by atoms with van der Waals surface area (Å²) in [5.41, 5.74) is 0.603. The van der Waals surface area contributed by atoms with Gasteiger partial charge >= 0.3 is 18.2 Å². The highest BCUT2D eigenvalue weighted by molar-refractivity contribution is 5.74. The van der Waals surface area contributed by atoms with Gasteiger partial charge in [0.15, 0.2) is 0 Å². The highest BCUT2D eigenvalue weighted by Crippen LogP contribution is 2.49. The number of hydrogen-bond donors (Lipinski definition) is 1. The van der Waals surface area contributed by atoms with Gasteiger partial charge in [0.05, 0.1) is 11.1 Å². The van der Waals surface area contributed by atoms with Crippen molar-refractivity contribution < 1.29 is 41.2 Å². The van der Waals surface area contributed by atoms with Crippen LogP contribution in [0.5, 0.6) is 0 Å². The van der Waals surface area contributed by atoms with Gasteiger partial charge < -0.3 is 19.4 Å². The first-order valence-electron chi connectivity index (χ1n) is 9.88. The number of alkyl halides is 5. The number of hydrogen-bond acceptors (Lipinski definition) is 5. The molecule has 1 aromatic heterocycles. The van der Waals surface area contributed by atoms with Crippen LogP contribution in [0.2, 0.25) is 0 Å². The van der Waals surface area contributed by atoms with E-state index in [0.29, 0.717) is 19.5 Å². The van der Waals surface area contributed by atoms with Crippen molar-refractivity contribution in [3.8, 4) is 0 Å². The lowest BCUT2D eigenvalue weighted by Crippen LogP contribution is -2.59. The molecular weight excluding hydrogens is 443 g/mol. The second-order valence-corrected chi connectivity index (χ2v) is 8.40. The standard InChI is InChI=1S/C17H26F2N4O2.C2HF3O2/c1-12-14(13(2)25-20-12)9-22-7-5-16(10-22)11-23(15(24)21(3)4)8-6-17(16,18)19;3-2(4,5)1(6)7/h5-11H2,1-4H3;(H,6,7). The number of aryl methyl sites for hydroxylation is 2. The fraction of sp³-hybridized carbons (Fsp3) is 0.737. The highest BCUT2D eigenvalue weighted by atomic mass is 19.4. The van der Waals surface area contributed by atoms with Gasteiger partial charge in [0.1, 0.15) is 5.76 Å². The average Bonchev–Trinajstić information content (AvgIpc) is 3.23. The van der Waals surface area contributed by atoms with Crippen molar-refractivity contribution in [3.63, 3.8) is 0 Å². The maximum atomic E-state index is 14.8. The Kier molecular flexibility index (Phi) is 7.42. The molecule has 0 aromatic carbocycles. The maximum Gasteiger partial charge on any atom is 0.490 e. The Bertz CT molecular complexity index is 823. The largest absolute Gasteiger partial charge is 0.490 e. The van der Waals surface area contributed by atoms with Gasteiger partial charge in [-0.2, -0.15) is 13.2 Å². The second-order valence-electron chi connectivity index (χ2n) is 8.40. The lowest BCUT2D eigenvalue weighted by Gasteiger charge is -2.46. The number of carbonyl (C=O) groups is 2. The zero-order valence-corrected chi connectivity index (χ0v) is 18.3. The van der Waals surface area contributed by atoms with Crippen LogP contribution in [0, 0.1) is 19.3 Å². The van der Waals surface area contributed by atoms with Crippen LogP contribution < -0.4 is 0 Å². The van der Waals surface area contributed by atoms with Crippen molar-refractivity contribution in [1.82, 2.24) is 19.9 Å². The van der Waals surface area contributed by atoms with E-state index >= 15 is 0 Å². The Morgan fingerprint density at radius 3 is 2.22 bits per heavy atom. The van der Waals surface area contributed by atoms with Crippen molar-refractivity contribution in [2.45, 2.75) is 45.3 Å². The average molecular weight is 470 g/mol. The number of aliphatic carboxylic acids is 1. The summed E-state index contributed by atoms with van der Waals surface area (Å²) in [6.45, 7) is 5.34. The van der Waals surface area contributed by atoms with Gasteiger partial charge in [-0.3, -0.25) is 4.90 Å². The van der Waals surface area contributed by atoms with E-state index in [1.165, 1.54) is 4.90 Å². The first-order valence-corrected chi connectivity index (χ1v) is 9.88. The lowest BCUT2D eigenvalue weighted by atomic mass is 9.75. The van der Waals surface area contributed by atoms with Gasteiger partial charge in [0.25, 0.3) is 5.92 Å². The van der Waals surface area contributed by atoms with E-state index in [1.807, 2.05) is 18.7 Å². The molecule has 1 atom stereocenters. The molecule has 2 saturated heterocycles. The zero-order valence-electron chi connectivity index (χ0n) is 18.3. The number of carboxylic acid groups (broad SMARTS) is 1. The summed E-state index contributed by atoms with van der Waals surface area (Å²) in [6.07, 6.45) is -4.97. The monoisotopic (exact) mass is 470 g/mol. The predicted molar refractivity (Wildman–Crippen MR) is 102 cm³/mol. The summed E-state index contributed by atoms with van der Waals surface area (Å²) in [7, 11) is 3.31. The summed E-state index contributed by atoms with van der Waals surface area (Å²) in [5.74, 6) is -4.78. The molecule has 0 saturated carbocycles. The van der Waals surface area contributed by atoms with Crippen LogP contribution in [-0.2, 0) is 11.3 Å². The Morgan fingerprint density at radius 2 is 1.75 bits per heavy atom. The fourth-order valence-electron chi connectivity index (χ4n) is 4.02. The molecule has 3 rings (SSSR count). The molecule has 2 aliphatic heterocycles. The van der Waals surface area contributed by atoms with E-state index in [0.717, 1.165) is 17.0 Å². The molecule has 32 heavy (non-hydrogen) atoms. The minimum Gasteiger partial charge on any atom is -0.475 e. The summed E-state index contributed by atoms with van der Waals surface area (Å²) in [4.78, 5) is 26.2. The molecule has 2 fully saturated rings. The third-order valence-corrected chi connectivity index (χ3v) is 5.86. The van der Waals surface area contributed by atoms with Gasteiger partial charge in [-0.15, -0.1) is 0 Å². The molecule has 3 heterocycles. The highest BCUT2D eigenvalue weighted by Gasteiger charge is 2.60. The van der Waals surface area contributed by atoms with Crippen molar-refractivity contribution in [2.75, 3.05) is 40.3 Å². The number of likely N-dealkylation sites (tertiary alicyclic amines) is 2. The molecule has 2 amide bonds. The Morgan fingerprint density at radius 1 is 1.16 bits per heavy atom. The van der Waals surface area contributed by atoms with Crippen molar-refractivity contribution in [3.05, 3.63) is 17.0 Å². The number of piperidine rings is 1. The number of rotatable bonds is 2. The minimum atomic E-state index is -5.08. The molecule has 1 N–H and O–H groups in total. The van der Waals surface area contributed by atoms with Gasteiger partial charge in [0, 0.05) is 52.3 Å². The van der Waals surface area contributed by atoms with E-state index in [2.05, 4.69) is 5.16 Å². The quantitative estimate of drug-likeness (QED) is 0.668. The van der Waals surface area contributed by atoms with Crippen LogP contribution in [0.1, 0.15) is 29.9 Å². The summed E-state index contributed by atoms with van der Waals surface area (Å²) in [5, 5.41) is 11.1. The van der Waals surface area contributed by atoms with Gasteiger partial charge in [-0.1, -0.05) is 5.16 Å². The third kappa shape index (κ3) is 5.48. The summed E-state index contributed by atoms with van der Waals surface area (Å²) in [6, 6.07) is -0.195. The first kappa shape index (κ1) is 25.8. The van der Waals surface area contributed by atoms with Gasteiger partial charge in [0.2, 0.25) is 0 Å². The Labute approximate surface area is 181 Å². The van der Waals surface area contributed by atoms with E-state index in [4.69, 9.17) is 14.4 Å². The van der Waals surface area contributed by atoms with Gasteiger partial charge in [-0.25, -0.2) is 18.4 Å². The smallest absolute Gasteiger partial charge is 0.475 e. The lowest BCUT2D eigenvalue weighted by molar-refractivity contribution is -0.192. The van der Waals surface area contributed by atoms with Gasteiger partial charge in [-0.05, 0) is 26.8 Å². The second kappa shape index (κ2) is 9.20. The molecule has 8 nitrogen and oxygen atoms in total. The van der Waals surface area contributed by atoms with E-state index in [-0.39, 0.29) is 32.1 Å². The number of carbonyl (C=O) groups excluding carboxylic acids is 1. The van der Waals surface area contributed by atoms with Crippen molar-refractivity contribution in [2.24, 2.45) is 5.41 Å². The van der Waals surface area contributed by atoms with Crippen LogP contribution >= 0.6 is 0 Å². The molecule has 1 aromatic rings. The molecule has 13 heteroatoms.